The van der Waals surface area contributed by atoms with Gasteiger partial charge in [0.2, 0.25) is 0 Å². The van der Waals surface area contributed by atoms with E-state index in [1.165, 1.54) is 18.2 Å². The summed E-state index contributed by atoms with van der Waals surface area (Å²) < 4.78 is 14.3. The van der Waals surface area contributed by atoms with Crippen molar-refractivity contribution in [3.05, 3.63) is 52.1 Å². The van der Waals surface area contributed by atoms with E-state index in [1.54, 1.807) is 11.0 Å². The van der Waals surface area contributed by atoms with Crippen molar-refractivity contribution in [1.29, 1.82) is 0 Å². The summed E-state index contributed by atoms with van der Waals surface area (Å²) >= 11 is 0. The Morgan fingerprint density at radius 2 is 1.97 bits per heavy atom. The van der Waals surface area contributed by atoms with Crippen molar-refractivity contribution in [1.82, 2.24) is 25.4 Å². The molecular formula is C28H36ClFN6O3. The molecule has 2 atom stereocenters. The molecule has 2 fully saturated rings. The molecular weight excluding hydrogens is 523 g/mol. The van der Waals surface area contributed by atoms with Crippen molar-refractivity contribution in [3.63, 3.8) is 0 Å². The van der Waals surface area contributed by atoms with E-state index in [2.05, 4.69) is 34.4 Å². The van der Waals surface area contributed by atoms with Crippen molar-refractivity contribution in [2.24, 2.45) is 0 Å². The summed E-state index contributed by atoms with van der Waals surface area (Å²) in [5, 5.41) is 6.34. The first-order chi connectivity index (χ1) is 18.2. The number of hydrogen-bond donors (Lipinski definition) is 3. The van der Waals surface area contributed by atoms with Gasteiger partial charge in [-0.2, -0.15) is 0 Å². The molecule has 4 heterocycles. The molecule has 0 saturated carbocycles. The molecule has 0 unspecified atom stereocenters. The number of piperazine rings is 1. The average Bonchev–Trinajstić information content (AvgIpc) is 3.65. The number of urea groups is 1. The SMILES string of the molecule is CCN(CC)CCNC(=O)c1c(C)[nH]c(/C=C2\C(=O)N(C(=O)N3C[C@@H]4C[C@H]3CN4)c3ccc(F)cc32)c1C.Cl. The van der Waals surface area contributed by atoms with Crippen LogP contribution in [0.25, 0.3) is 11.6 Å². The van der Waals surface area contributed by atoms with Gasteiger partial charge in [-0.05, 0) is 63.2 Å². The molecule has 0 aliphatic carbocycles. The van der Waals surface area contributed by atoms with Gasteiger partial charge in [-0.1, -0.05) is 13.8 Å². The van der Waals surface area contributed by atoms with Gasteiger partial charge in [-0.3, -0.25) is 9.59 Å². The van der Waals surface area contributed by atoms with E-state index in [0.29, 0.717) is 53.4 Å². The van der Waals surface area contributed by atoms with E-state index in [1.807, 2.05) is 13.8 Å². The number of rotatable bonds is 7. The van der Waals surface area contributed by atoms with Crippen molar-refractivity contribution >= 4 is 47.6 Å². The Labute approximate surface area is 234 Å². The molecule has 2 saturated heterocycles. The van der Waals surface area contributed by atoms with E-state index in [0.717, 1.165) is 31.0 Å². The lowest BCUT2D eigenvalue weighted by Gasteiger charge is -2.30. The first kappa shape index (κ1) is 28.8. The number of likely N-dealkylation sites (N-methyl/N-ethyl adjacent to an activating group) is 1. The molecule has 5 rings (SSSR count). The smallest absolute Gasteiger partial charge is 0.332 e. The number of nitrogens with zero attached hydrogens (tertiary/aromatic N) is 3. The fraction of sp³-hybridized carbons (Fsp3) is 0.464. The number of halogens is 2. The molecule has 39 heavy (non-hydrogen) atoms. The number of aromatic nitrogens is 1. The van der Waals surface area contributed by atoms with Gasteiger partial charge in [0, 0.05) is 55.2 Å². The predicted molar refractivity (Wildman–Crippen MR) is 152 cm³/mol. The van der Waals surface area contributed by atoms with Crippen LogP contribution in [0.3, 0.4) is 0 Å². The van der Waals surface area contributed by atoms with E-state index >= 15 is 0 Å². The first-order valence-electron chi connectivity index (χ1n) is 13.3. The summed E-state index contributed by atoms with van der Waals surface area (Å²) in [6, 6.07) is 3.94. The Morgan fingerprint density at radius 3 is 2.62 bits per heavy atom. The van der Waals surface area contributed by atoms with Gasteiger partial charge in [0.1, 0.15) is 5.82 Å². The van der Waals surface area contributed by atoms with Gasteiger partial charge in [0.05, 0.1) is 16.8 Å². The number of carbonyl (C=O) groups is 3. The van der Waals surface area contributed by atoms with Crippen molar-refractivity contribution < 1.29 is 18.8 Å². The monoisotopic (exact) mass is 558 g/mol. The highest BCUT2D eigenvalue weighted by Gasteiger charge is 2.46. The summed E-state index contributed by atoms with van der Waals surface area (Å²) in [5.41, 5.74) is 3.42. The van der Waals surface area contributed by atoms with Crippen molar-refractivity contribution in [2.45, 2.75) is 46.2 Å². The zero-order valence-electron chi connectivity index (χ0n) is 22.8. The van der Waals surface area contributed by atoms with Gasteiger partial charge in [0.15, 0.2) is 0 Å². The molecule has 210 valence electrons. The summed E-state index contributed by atoms with van der Waals surface area (Å²) in [6.45, 7) is 12.2. The van der Waals surface area contributed by atoms with Crippen molar-refractivity contribution in [3.8, 4) is 0 Å². The zero-order valence-corrected chi connectivity index (χ0v) is 23.6. The van der Waals surface area contributed by atoms with Crippen LogP contribution in [0.15, 0.2) is 18.2 Å². The first-order valence-corrected chi connectivity index (χ1v) is 13.3. The van der Waals surface area contributed by atoms with E-state index in [-0.39, 0.29) is 42.0 Å². The highest BCUT2D eigenvalue weighted by atomic mass is 35.5. The summed E-state index contributed by atoms with van der Waals surface area (Å²) in [6.07, 6.45) is 2.49. The molecule has 3 aliphatic rings. The topological polar surface area (TPSA) is 101 Å². The Kier molecular flexibility index (Phi) is 8.48. The number of aryl methyl sites for hydroxylation is 1. The quantitative estimate of drug-likeness (QED) is 0.453. The number of carbonyl (C=O) groups excluding carboxylic acids is 3. The molecule has 3 N–H and O–H groups in total. The number of nitrogens with one attached hydrogen (secondary N) is 3. The highest BCUT2D eigenvalue weighted by Crippen LogP contribution is 2.40. The van der Waals surface area contributed by atoms with Gasteiger partial charge in [-0.25, -0.2) is 14.1 Å². The minimum atomic E-state index is -0.497. The van der Waals surface area contributed by atoms with Crippen LogP contribution in [-0.4, -0.2) is 84.0 Å². The van der Waals surface area contributed by atoms with Crippen LogP contribution in [0.5, 0.6) is 0 Å². The molecule has 0 radical (unpaired) electrons. The van der Waals surface area contributed by atoms with Crippen LogP contribution in [0.1, 0.15) is 53.1 Å². The van der Waals surface area contributed by atoms with Crippen LogP contribution in [0.4, 0.5) is 14.9 Å². The van der Waals surface area contributed by atoms with E-state index in [9.17, 15) is 18.8 Å². The van der Waals surface area contributed by atoms with Gasteiger partial charge in [0.25, 0.3) is 11.8 Å². The molecule has 4 amide bonds. The number of hydrogen-bond acceptors (Lipinski definition) is 5. The number of anilines is 1. The molecule has 0 spiro atoms. The molecule has 9 nitrogen and oxygen atoms in total. The second-order valence-electron chi connectivity index (χ2n) is 10.2. The van der Waals surface area contributed by atoms with Gasteiger partial charge in [-0.15, -0.1) is 12.4 Å². The fourth-order valence-electron chi connectivity index (χ4n) is 5.88. The molecule has 2 aromatic rings. The summed E-state index contributed by atoms with van der Waals surface area (Å²) in [7, 11) is 0. The lowest BCUT2D eigenvalue weighted by Crippen LogP contribution is -2.52. The Bertz CT molecular complexity index is 1320. The van der Waals surface area contributed by atoms with Crippen LogP contribution in [0, 0.1) is 19.7 Å². The molecule has 3 aliphatic heterocycles. The van der Waals surface area contributed by atoms with Crippen LogP contribution < -0.4 is 15.5 Å². The second-order valence-corrected chi connectivity index (χ2v) is 10.2. The average molecular weight is 559 g/mol. The van der Waals surface area contributed by atoms with Crippen LogP contribution >= 0.6 is 12.4 Å². The summed E-state index contributed by atoms with van der Waals surface area (Å²) in [4.78, 5) is 48.5. The maximum Gasteiger partial charge on any atom is 0.332 e. The van der Waals surface area contributed by atoms with Crippen molar-refractivity contribution in [2.75, 3.05) is 44.2 Å². The number of imide groups is 1. The largest absolute Gasteiger partial charge is 0.358 e. The Morgan fingerprint density at radius 1 is 1.23 bits per heavy atom. The molecule has 1 aromatic carbocycles. The third-order valence-corrected chi connectivity index (χ3v) is 8.02. The zero-order chi connectivity index (χ0) is 27.1. The standard InChI is InChI=1S/C28H35FN6O3.ClH/c1-5-33(6-2)10-9-30-26(36)25-16(3)23(32-17(25)4)13-22-21-11-18(29)7-8-24(21)35(27(22)37)28(38)34-15-19-12-20(34)14-31-19;/h7-8,11,13,19-20,31-32H,5-6,9-10,12,14-15H2,1-4H3,(H,30,36);1H/b22-13-;/t19-,20-;/m0./s1. The maximum absolute atomic E-state index is 14.3. The Balaban J connectivity index is 0.00000353. The van der Waals surface area contributed by atoms with E-state index in [4.69, 9.17) is 0 Å². The minimum absolute atomic E-state index is 0. The maximum atomic E-state index is 14.3. The number of aromatic amines is 1. The van der Waals surface area contributed by atoms with Gasteiger partial charge >= 0.3 is 6.03 Å². The normalized spacial score (nSPS) is 20.7. The molecule has 2 bridgehead atoms. The number of benzene rings is 1. The lowest BCUT2D eigenvalue weighted by atomic mass is 10.0. The third-order valence-electron chi connectivity index (χ3n) is 8.02. The minimum Gasteiger partial charge on any atom is -0.358 e. The van der Waals surface area contributed by atoms with Crippen LogP contribution in [0.2, 0.25) is 0 Å². The van der Waals surface area contributed by atoms with Crippen LogP contribution in [-0.2, 0) is 4.79 Å². The second kappa shape index (κ2) is 11.5. The predicted octanol–water partition coefficient (Wildman–Crippen LogP) is 3.32. The summed E-state index contributed by atoms with van der Waals surface area (Å²) in [5.74, 6) is -1.18. The number of amides is 4. The fourth-order valence-corrected chi connectivity index (χ4v) is 5.88. The Hall–Kier alpha value is -3.21. The number of fused-ring (bicyclic) bond motifs is 3. The number of likely N-dealkylation sites (tertiary alicyclic amines) is 1. The van der Waals surface area contributed by atoms with E-state index < -0.39 is 11.7 Å². The van der Waals surface area contributed by atoms with Gasteiger partial charge < -0.3 is 25.4 Å². The third kappa shape index (κ3) is 5.20. The lowest BCUT2D eigenvalue weighted by molar-refractivity contribution is -0.112. The molecule has 1 aromatic heterocycles. The molecule has 11 heteroatoms. The highest BCUT2D eigenvalue weighted by molar-refractivity contribution is 6.42. The number of H-pyrrole nitrogens is 1.